The minimum atomic E-state index is 0. The van der Waals surface area contributed by atoms with Crippen LogP contribution < -0.4 is 10.5 Å². The highest BCUT2D eigenvalue weighted by atomic mass is 35.5. The lowest BCUT2D eigenvalue weighted by Crippen LogP contribution is -2.10. The van der Waals surface area contributed by atoms with Gasteiger partial charge in [0.25, 0.3) is 0 Å². The summed E-state index contributed by atoms with van der Waals surface area (Å²) >= 11 is 0. The average molecular weight is 384 g/mol. The molecule has 0 saturated carbocycles. The zero-order valence-electron chi connectivity index (χ0n) is 17.0. The Kier molecular flexibility index (Phi) is 18.5. The Morgan fingerprint density at radius 2 is 1.31 bits per heavy atom. The number of ether oxygens (including phenoxy) is 1. The van der Waals surface area contributed by atoms with Crippen LogP contribution in [-0.4, -0.2) is 13.2 Å². The molecule has 26 heavy (non-hydrogen) atoms. The van der Waals surface area contributed by atoms with Gasteiger partial charge in [-0.25, -0.2) is 0 Å². The summed E-state index contributed by atoms with van der Waals surface area (Å²) in [5.41, 5.74) is 6.87. The van der Waals surface area contributed by atoms with Gasteiger partial charge in [-0.2, -0.15) is 0 Å². The smallest absolute Gasteiger partial charge is 0.119 e. The largest absolute Gasteiger partial charge is 0.492 e. The molecule has 0 aromatic heterocycles. The van der Waals surface area contributed by atoms with Gasteiger partial charge in [0.2, 0.25) is 0 Å². The molecule has 0 unspecified atom stereocenters. The van der Waals surface area contributed by atoms with Gasteiger partial charge in [-0.05, 0) is 30.5 Å². The second-order valence-electron chi connectivity index (χ2n) is 7.28. The fourth-order valence-electron chi connectivity index (χ4n) is 3.31. The summed E-state index contributed by atoms with van der Waals surface area (Å²) in [6.07, 6.45) is 19.5. The molecule has 0 aliphatic heterocycles. The standard InChI is InChI=1S/C23H41NO.ClH/c1-2-3-4-5-6-7-8-9-10-11-12-13-14-16-22-17-15-18-23(21-22)25-20-19-24;/h15,17-18,21H,2-14,16,19-20,24H2,1H3;1H. The van der Waals surface area contributed by atoms with Crippen LogP contribution in [0, 0.1) is 0 Å². The first-order valence-electron chi connectivity index (χ1n) is 10.8. The van der Waals surface area contributed by atoms with Crippen molar-refractivity contribution >= 4 is 12.4 Å². The summed E-state index contributed by atoms with van der Waals surface area (Å²) < 4.78 is 5.59. The third-order valence-corrected chi connectivity index (χ3v) is 4.85. The fraction of sp³-hybridized carbons (Fsp3) is 0.739. The third-order valence-electron chi connectivity index (χ3n) is 4.85. The van der Waals surface area contributed by atoms with Gasteiger partial charge < -0.3 is 10.5 Å². The van der Waals surface area contributed by atoms with Crippen molar-refractivity contribution in [1.29, 1.82) is 0 Å². The van der Waals surface area contributed by atoms with Crippen molar-refractivity contribution in [2.24, 2.45) is 5.73 Å². The number of aryl methyl sites for hydroxylation is 1. The highest BCUT2D eigenvalue weighted by Crippen LogP contribution is 2.17. The normalized spacial score (nSPS) is 10.5. The number of benzene rings is 1. The molecule has 0 fully saturated rings. The van der Waals surface area contributed by atoms with E-state index in [4.69, 9.17) is 10.5 Å². The molecule has 3 heteroatoms. The van der Waals surface area contributed by atoms with Crippen molar-refractivity contribution in [3.8, 4) is 5.75 Å². The first-order valence-corrected chi connectivity index (χ1v) is 10.8. The first-order chi connectivity index (χ1) is 12.4. The summed E-state index contributed by atoms with van der Waals surface area (Å²) in [6, 6.07) is 8.47. The van der Waals surface area contributed by atoms with E-state index in [9.17, 15) is 0 Å². The molecular formula is C23H42ClNO. The van der Waals surface area contributed by atoms with E-state index in [1.165, 1.54) is 89.0 Å². The van der Waals surface area contributed by atoms with E-state index in [-0.39, 0.29) is 12.4 Å². The first kappa shape index (κ1) is 25.3. The molecule has 0 heterocycles. The Morgan fingerprint density at radius 3 is 1.85 bits per heavy atom. The maximum atomic E-state index is 5.59. The Labute approximate surface area is 168 Å². The number of hydrogen-bond acceptors (Lipinski definition) is 2. The molecule has 0 amide bonds. The number of rotatable bonds is 17. The van der Waals surface area contributed by atoms with E-state index >= 15 is 0 Å². The highest BCUT2D eigenvalue weighted by Gasteiger charge is 1.98. The molecule has 2 nitrogen and oxygen atoms in total. The summed E-state index contributed by atoms with van der Waals surface area (Å²) in [5, 5.41) is 0. The summed E-state index contributed by atoms with van der Waals surface area (Å²) in [5.74, 6) is 0.956. The van der Waals surface area contributed by atoms with Crippen LogP contribution in [0.2, 0.25) is 0 Å². The van der Waals surface area contributed by atoms with Gasteiger partial charge in [-0.1, -0.05) is 96.1 Å². The maximum Gasteiger partial charge on any atom is 0.119 e. The van der Waals surface area contributed by atoms with Crippen molar-refractivity contribution in [2.75, 3.05) is 13.2 Å². The fourth-order valence-corrected chi connectivity index (χ4v) is 3.31. The Balaban J connectivity index is 0.00000625. The van der Waals surface area contributed by atoms with Gasteiger partial charge in [-0.15, -0.1) is 12.4 Å². The van der Waals surface area contributed by atoms with Crippen LogP contribution in [0.1, 0.15) is 96.0 Å². The van der Waals surface area contributed by atoms with Crippen LogP contribution in [-0.2, 0) is 6.42 Å². The van der Waals surface area contributed by atoms with Crippen LogP contribution in [0.5, 0.6) is 5.75 Å². The molecule has 2 N–H and O–H groups in total. The Morgan fingerprint density at radius 1 is 0.769 bits per heavy atom. The molecule has 152 valence electrons. The van der Waals surface area contributed by atoms with E-state index in [1.807, 2.05) is 6.07 Å². The van der Waals surface area contributed by atoms with Crippen LogP contribution in [0.4, 0.5) is 0 Å². The topological polar surface area (TPSA) is 35.2 Å². The molecule has 1 rings (SSSR count). The average Bonchev–Trinajstić information content (AvgIpc) is 2.64. The molecule has 1 aromatic carbocycles. The number of halogens is 1. The van der Waals surface area contributed by atoms with Crippen LogP contribution in [0.3, 0.4) is 0 Å². The van der Waals surface area contributed by atoms with Gasteiger partial charge in [0.05, 0.1) is 0 Å². The van der Waals surface area contributed by atoms with E-state index < -0.39 is 0 Å². The second-order valence-corrected chi connectivity index (χ2v) is 7.28. The lowest BCUT2D eigenvalue weighted by Gasteiger charge is -2.07. The number of nitrogens with two attached hydrogens (primary N) is 1. The zero-order valence-corrected chi connectivity index (χ0v) is 17.8. The van der Waals surface area contributed by atoms with Gasteiger partial charge in [0.1, 0.15) is 12.4 Å². The molecule has 0 aliphatic rings. The molecule has 0 radical (unpaired) electrons. The van der Waals surface area contributed by atoms with Gasteiger partial charge in [0, 0.05) is 6.54 Å². The zero-order chi connectivity index (χ0) is 18.0. The second kappa shape index (κ2) is 19.0. The molecule has 0 spiro atoms. The predicted molar refractivity (Wildman–Crippen MR) is 118 cm³/mol. The van der Waals surface area contributed by atoms with Crippen molar-refractivity contribution in [2.45, 2.75) is 96.8 Å². The van der Waals surface area contributed by atoms with Gasteiger partial charge >= 0.3 is 0 Å². The molecule has 0 bridgehead atoms. The van der Waals surface area contributed by atoms with Gasteiger partial charge in [0.15, 0.2) is 0 Å². The minimum Gasteiger partial charge on any atom is -0.492 e. The van der Waals surface area contributed by atoms with Crippen molar-refractivity contribution in [3.63, 3.8) is 0 Å². The Hall–Kier alpha value is -0.730. The summed E-state index contributed by atoms with van der Waals surface area (Å²) in [7, 11) is 0. The highest BCUT2D eigenvalue weighted by molar-refractivity contribution is 5.85. The number of hydrogen-bond donors (Lipinski definition) is 1. The molecule has 0 atom stereocenters. The lowest BCUT2D eigenvalue weighted by atomic mass is 10.0. The third kappa shape index (κ3) is 14.4. The van der Waals surface area contributed by atoms with Gasteiger partial charge in [-0.3, -0.25) is 0 Å². The SMILES string of the molecule is CCCCCCCCCCCCCCCc1cccc(OCCN)c1.Cl. The van der Waals surface area contributed by atoms with Crippen molar-refractivity contribution in [3.05, 3.63) is 29.8 Å². The molecule has 1 aromatic rings. The van der Waals surface area contributed by atoms with E-state index in [1.54, 1.807) is 0 Å². The van der Waals surface area contributed by atoms with E-state index in [0.717, 1.165) is 12.2 Å². The van der Waals surface area contributed by atoms with Crippen molar-refractivity contribution in [1.82, 2.24) is 0 Å². The maximum absolute atomic E-state index is 5.59. The summed E-state index contributed by atoms with van der Waals surface area (Å²) in [6.45, 7) is 3.46. The predicted octanol–water partition coefficient (Wildman–Crippen LogP) is 7.08. The van der Waals surface area contributed by atoms with Crippen LogP contribution in [0.15, 0.2) is 24.3 Å². The summed E-state index contributed by atoms with van der Waals surface area (Å²) in [4.78, 5) is 0. The quantitative estimate of drug-likeness (QED) is 0.291. The Bertz CT molecular complexity index is 411. The molecule has 0 saturated heterocycles. The van der Waals surface area contributed by atoms with E-state index in [0.29, 0.717) is 13.2 Å². The molecular weight excluding hydrogens is 342 g/mol. The molecule has 0 aliphatic carbocycles. The minimum absolute atomic E-state index is 0. The van der Waals surface area contributed by atoms with Crippen molar-refractivity contribution < 1.29 is 4.74 Å². The van der Waals surface area contributed by atoms with Crippen LogP contribution in [0.25, 0.3) is 0 Å². The number of unbranched alkanes of at least 4 members (excludes halogenated alkanes) is 12. The lowest BCUT2D eigenvalue weighted by molar-refractivity contribution is 0.328. The van der Waals surface area contributed by atoms with Crippen LogP contribution >= 0.6 is 12.4 Å². The van der Waals surface area contributed by atoms with E-state index in [2.05, 4.69) is 25.1 Å². The monoisotopic (exact) mass is 383 g/mol.